The highest BCUT2D eigenvalue weighted by molar-refractivity contribution is 5.54. The standard InChI is InChI=1S/C16H27N3/c1-5-17-10-14-8-6-7-9-15(14)19-11-13(2)16(12-19)18(3)4/h6-9,13,16-17H,5,10-12H2,1-4H3. The minimum Gasteiger partial charge on any atom is -0.369 e. The van der Waals surface area contributed by atoms with E-state index in [1.807, 2.05) is 0 Å². The summed E-state index contributed by atoms with van der Waals surface area (Å²) in [4.78, 5) is 4.90. The lowest BCUT2D eigenvalue weighted by molar-refractivity contribution is 0.266. The molecule has 1 aromatic rings. The van der Waals surface area contributed by atoms with Crippen molar-refractivity contribution in [3.63, 3.8) is 0 Å². The fourth-order valence-corrected chi connectivity index (χ4v) is 3.05. The van der Waals surface area contributed by atoms with Crippen LogP contribution in [0.15, 0.2) is 24.3 Å². The highest BCUT2D eigenvalue weighted by atomic mass is 15.2. The Morgan fingerprint density at radius 2 is 2.00 bits per heavy atom. The van der Waals surface area contributed by atoms with Crippen LogP contribution >= 0.6 is 0 Å². The molecule has 0 radical (unpaired) electrons. The topological polar surface area (TPSA) is 18.5 Å². The summed E-state index contributed by atoms with van der Waals surface area (Å²) in [6.07, 6.45) is 0. The maximum absolute atomic E-state index is 3.44. The molecule has 0 aromatic heterocycles. The van der Waals surface area contributed by atoms with Gasteiger partial charge in [0.25, 0.3) is 0 Å². The minimum absolute atomic E-state index is 0.659. The van der Waals surface area contributed by atoms with E-state index in [2.05, 4.69) is 67.3 Å². The number of para-hydroxylation sites is 1. The Balaban J connectivity index is 2.14. The molecule has 0 saturated carbocycles. The van der Waals surface area contributed by atoms with E-state index in [9.17, 15) is 0 Å². The molecule has 0 bridgehead atoms. The Morgan fingerprint density at radius 3 is 2.63 bits per heavy atom. The first-order valence-corrected chi connectivity index (χ1v) is 7.33. The summed E-state index contributed by atoms with van der Waals surface area (Å²) >= 11 is 0. The maximum atomic E-state index is 3.44. The zero-order chi connectivity index (χ0) is 13.8. The van der Waals surface area contributed by atoms with Crippen LogP contribution in [0.3, 0.4) is 0 Å². The van der Waals surface area contributed by atoms with E-state index in [-0.39, 0.29) is 0 Å². The quantitative estimate of drug-likeness (QED) is 0.876. The van der Waals surface area contributed by atoms with E-state index in [1.165, 1.54) is 11.3 Å². The van der Waals surface area contributed by atoms with Crippen molar-refractivity contribution in [1.29, 1.82) is 0 Å². The number of anilines is 1. The smallest absolute Gasteiger partial charge is 0.0412 e. The van der Waals surface area contributed by atoms with Crippen LogP contribution < -0.4 is 10.2 Å². The first-order valence-electron chi connectivity index (χ1n) is 7.33. The van der Waals surface area contributed by atoms with Crippen molar-refractivity contribution in [3.05, 3.63) is 29.8 Å². The van der Waals surface area contributed by atoms with Gasteiger partial charge in [0.05, 0.1) is 0 Å². The number of hydrogen-bond acceptors (Lipinski definition) is 3. The molecule has 3 heteroatoms. The number of hydrogen-bond donors (Lipinski definition) is 1. The highest BCUT2D eigenvalue weighted by Gasteiger charge is 2.31. The summed E-state index contributed by atoms with van der Waals surface area (Å²) in [5.74, 6) is 0.724. The van der Waals surface area contributed by atoms with Gasteiger partial charge in [-0.3, -0.25) is 0 Å². The molecule has 3 nitrogen and oxygen atoms in total. The molecule has 2 atom stereocenters. The number of nitrogens with one attached hydrogen (secondary N) is 1. The van der Waals surface area contributed by atoms with Crippen molar-refractivity contribution in [2.24, 2.45) is 5.92 Å². The van der Waals surface area contributed by atoms with Crippen molar-refractivity contribution >= 4 is 5.69 Å². The van der Waals surface area contributed by atoms with Gasteiger partial charge < -0.3 is 15.1 Å². The summed E-state index contributed by atoms with van der Waals surface area (Å²) < 4.78 is 0. The molecule has 19 heavy (non-hydrogen) atoms. The van der Waals surface area contributed by atoms with Crippen molar-refractivity contribution in [3.8, 4) is 0 Å². The van der Waals surface area contributed by atoms with Crippen molar-refractivity contribution in [1.82, 2.24) is 10.2 Å². The number of rotatable bonds is 5. The van der Waals surface area contributed by atoms with Crippen LogP contribution in [0.4, 0.5) is 5.69 Å². The Labute approximate surface area is 117 Å². The summed E-state index contributed by atoms with van der Waals surface area (Å²) in [5.41, 5.74) is 2.82. The van der Waals surface area contributed by atoms with Gasteiger partial charge in [-0.05, 0) is 38.2 Å². The summed E-state index contributed by atoms with van der Waals surface area (Å²) in [7, 11) is 4.38. The van der Waals surface area contributed by atoms with Gasteiger partial charge >= 0.3 is 0 Å². The van der Waals surface area contributed by atoms with E-state index in [1.54, 1.807) is 0 Å². The normalized spacial score (nSPS) is 23.3. The minimum atomic E-state index is 0.659. The molecular formula is C16H27N3. The van der Waals surface area contributed by atoms with Gasteiger partial charge in [0, 0.05) is 31.4 Å². The van der Waals surface area contributed by atoms with Crippen molar-refractivity contribution in [2.45, 2.75) is 26.4 Å². The van der Waals surface area contributed by atoms with Crippen molar-refractivity contribution < 1.29 is 0 Å². The number of likely N-dealkylation sites (N-methyl/N-ethyl adjacent to an activating group) is 1. The fraction of sp³-hybridized carbons (Fsp3) is 0.625. The van der Waals surface area contributed by atoms with Crippen LogP contribution in [0.1, 0.15) is 19.4 Å². The molecule has 1 aromatic carbocycles. The third-order valence-electron chi connectivity index (χ3n) is 4.13. The van der Waals surface area contributed by atoms with Crippen LogP contribution in [0.5, 0.6) is 0 Å². The van der Waals surface area contributed by atoms with Crippen LogP contribution in [0, 0.1) is 5.92 Å². The number of nitrogens with zero attached hydrogens (tertiary/aromatic N) is 2. The summed E-state index contributed by atoms with van der Waals surface area (Å²) in [5, 5.41) is 3.44. The third kappa shape index (κ3) is 3.28. The zero-order valence-electron chi connectivity index (χ0n) is 12.7. The van der Waals surface area contributed by atoms with Crippen LogP contribution in [-0.2, 0) is 6.54 Å². The third-order valence-corrected chi connectivity index (χ3v) is 4.13. The summed E-state index contributed by atoms with van der Waals surface area (Å²) in [6, 6.07) is 9.45. The van der Waals surface area contributed by atoms with Gasteiger partial charge in [-0.15, -0.1) is 0 Å². The molecule has 106 valence electrons. The molecule has 0 spiro atoms. The largest absolute Gasteiger partial charge is 0.369 e. The van der Waals surface area contributed by atoms with Crippen LogP contribution in [0.2, 0.25) is 0 Å². The van der Waals surface area contributed by atoms with E-state index in [0.717, 1.165) is 32.1 Å². The molecule has 1 saturated heterocycles. The molecule has 1 heterocycles. The zero-order valence-corrected chi connectivity index (χ0v) is 12.7. The number of benzene rings is 1. The predicted octanol–water partition coefficient (Wildman–Crippen LogP) is 2.18. The second-order valence-corrected chi connectivity index (χ2v) is 5.82. The molecule has 1 aliphatic heterocycles. The Kier molecular flexibility index (Phi) is 4.83. The monoisotopic (exact) mass is 261 g/mol. The van der Waals surface area contributed by atoms with Gasteiger partial charge in [0.15, 0.2) is 0 Å². The average molecular weight is 261 g/mol. The van der Waals surface area contributed by atoms with E-state index in [4.69, 9.17) is 0 Å². The van der Waals surface area contributed by atoms with Crippen molar-refractivity contribution in [2.75, 3.05) is 38.6 Å². The lowest BCUT2D eigenvalue weighted by Crippen LogP contribution is -2.34. The van der Waals surface area contributed by atoms with Gasteiger partial charge in [0.2, 0.25) is 0 Å². The Bertz CT molecular complexity index is 403. The van der Waals surface area contributed by atoms with Gasteiger partial charge in [-0.1, -0.05) is 32.0 Å². The van der Waals surface area contributed by atoms with Gasteiger partial charge in [-0.25, -0.2) is 0 Å². The van der Waals surface area contributed by atoms with Gasteiger partial charge in [-0.2, -0.15) is 0 Å². The average Bonchev–Trinajstić information content (AvgIpc) is 2.79. The molecule has 0 aliphatic carbocycles. The molecular weight excluding hydrogens is 234 g/mol. The summed E-state index contributed by atoms with van der Waals surface area (Å²) in [6.45, 7) is 8.79. The van der Waals surface area contributed by atoms with E-state index in [0.29, 0.717) is 6.04 Å². The molecule has 0 amide bonds. The lowest BCUT2D eigenvalue weighted by atomic mass is 10.1. The van der Waals surface area contributed by atoms with E-state index >= 15 is 0 Å². The first kappa shape index (κ1) is 14.4. The van der Waals surface area contributed by atoms with Gasteiger partial charge in [0.1, 0.15) is 0 Å². The predicted molar refractivity (Wildman–Crippen MR) is 82.7 cm³/mol. The second-order valence-electron chi connectivity index (χ2n) is 5.82. The molecule has 1 fully saturated rings. The van der Waals surface area contributed by atoms with Crippen LogP contribution in [-0.4, -0.2) is 44.7 Å². The molecule has 2 unspecified atom stereocenters. The molecule has 2 rings (SSSR count). The van der Waals surface area contributed by atoms with Crippen LogP contribution in [0.25, 0.3) is 0 Å². The Hall–Kier alpha value is -1.06. The Morgan fingerprint density at radius 1 is 1.26 bits per heavy atom. The second kappa shape index (κ2) is 6.40. The SMILES string of the molecule is CCNCc1ccccc1N1CC(C)C(N(C)C)C1. The lowest BCUT2D eigenvalue weighted by Gasteiger charge is -2.24. The highest BCUT2D eigenvalue weighted by Crippen LogP contribution is 2.28. The molecule has 1 N–H and O–H groups in total. The maximum Gasteiger partial charge on any atom is 0.0412 e. The fourth-order valence-electron chi connectivity index (χ4n) is 3.05. The van der Waals surface area contributed by atoms with E-state index < -0.39 is 0 Å². The molecule has 1 aliphatic rings. The first-order chi connectivity index (χ1) is 9.13.